The zero-order valence-corrected chi connectivity index (χ0v) is 10.9. The molecule has 82 valence electrons. The highest BCUT2D eigenvalue weighted by molar-refractivity contribution is 5.02. The van der Waals surface area contributed by atoms with Gasteiger partial charge < -0.3 is 0 Å². The highest BCUT2D eigenvalue weighted by atomic mass is 14.6. The summed E-state index contributed by atoms with van der Waals surface area (Å²) in [6.45, 7) is 14.6. The van der Waals surface area contributed by atoms with Crippen molar-refractivity contribution in [3.05, 3.63) is 0 Å². The molecular formula is C13H30. The van der Waals surface area contributed by atoms with E-state index in [-0.39, 0.29) is 0 Å². The summed E-state index contributed by atoms with van der Waals surface area (Å²) in [5, 5.41) is 0. The van der Waals surface area contributed by atoms with Crippen LogP contribution in [0, 0.1) is 17.8 Å². The van der Waals surface area contributed by atoms with Crippen LogP contribution >= 0.6 is 0 Å². The summed E-state index contributed by atoms with van der Waals surface area (Å²) in [6.07, 6.45) is 4.47. The molecular weight excluding hydrogens is 156 g/mol. The Labute approximate surface area is 86.1 Å². The van der Waals surface area contributed by atoms with E-state index in [2.05, 4.69) is 20.8 Å². The van der Waals surface area contributed by atoms with Gasteiger partial charge in [0.25, 0.3) is 0 Å². The van der Waals surface area contributed by atoms with Crippen LogP contribution in [0.1, 0.15) is 67.7 Å². The van der Waals surface area contributed by atoms with Crippen LogP contribution in [0.2, 0.25) is 0 Å². The fraction of sp³-hybridized carbons (Fsp3) is 1.00. The lowest BCUT2D eigenvalue weighted by molar-refractivity contribution is 0.626. The van der Waals surface area contributed by atoms with Crippen molar-refractivity contribution in [3.63, 3.8) is 0 Å². The van der Waals surface area contributed by atoms with Crippen molar-refractivity contribution in [1.82, 2.24) is 0 Å². The minimum absolute atomic E-state index is 0.884. The SMILES string of the molecule is C1C2CC12.CC.CC.CCC(C)C. The average molecular weight is 186 g/mol. The smallest absolute Gasteiger partial charge is 0.0380 e. The van der Waals surface area contributed by atoms with Crippen LogP contribution in [0.4, 0.5) is 0 Å². The van der Waals surface area contributed by atoms with E-state index in [1.165, 1.54) is 18.3 Å². The Morgan fingerprint density at radius 3 is 1.08 bits per heavy atom. The van der Waals surface area contributed by atoms with E-state index in [0.717, 1.165) is 5.92 Å². The molecule has 0 amide bonds. The van der Waals surface area contributed by atoms with Crippen LogP contribution in [0.3, 0.4) is 0 Å². The first-order valence-corrected chi connectivity index (χ1v) is 6.24. The van der Waals surface area contributed by atoms with Crippen LogP contribution in [0.5, 0.6) is 0 Å². The topological polar surface area (TPSA) is 0 Å². The average Bonchev–Trinajstić information content (AvgIpc) is 3.00. The molecule has 13 heavy (non-hydrogen) atoms. The lowest BCUT2D eigenvalue weighted by atomic mass is 10.2. The van der Waals surface area contributed by atoms with E-state index in [9.17, 15) is 0 Å². The first-order valence-electron chi connectivity index (χ1n) is 6.24. The van der Waals surface area contributed by atoms with Gasteiger partial charge in [0.2, 0.25) is 0 Å². The van der Waals surface area contributed by atoms with Crippen molar-refractivity contribution in [2.45, 2.75) is 67.7 Å². The van der Waals surface area contributed by atoms with E-state index in [1.54, 1.807) is 12.8 Å². The molecule has 0 aliphatic heterocycles. The van der Waals surface area contributed by atoms with Crippen molar-refractivity contribution in [3.8, 4) is 0 Å². The molecule has 2 aliphatic carbocycles. The lowest BCUT2D eigenvalue weighted by Gasteiger charge is -1.90. The van der Waals surface area contributed by atoms with E-state index >= 15 is 0 Å². The molecule has 0 bridgehead atoms. The van der Waals surface area contributed by atoms with Gasteiger partial charge in [-0.1, -0.05) is 54.9 Å². The van der Waals surface area contributed by atoms with Crippen LogP contribution < -0.4 is 0 Å². The highest BCUT2D eigenvalue weighted by Crippen LogP contribution is 2.62. The Morgan fingerprint density at radius 2 is 1.08 bits per heavy atom. The monoisotopic (exact) mass is 186 g/mol. The standard InChI is InChI=1S/C5H12.C4H6.2C2H6/c1-4-5(2)3;1-3-2-4(1)3;2*1-2/h5H,4H2,1-3H3;3-4H,1-2H2;2*1-2H3. The second kappa shape index (κ2) is 10.1. The summed E-state index contributed by atoms with van der Waals surface area (Å²) in [5.41, 5.74) is 0. The Bertz CT molecular complexity index is 72.0. The number of hydrogen-bond acceptors (Lipinski definition) is 0. The van der Waals surface area contributed by atoms with Gasteiger partial charge in [-0.2, -0.15) is 0 Å². The summed E-state index contributed by atoms with van der Waals surface area (Å²) in [5.74, 6) is 3.38. The highest BCUT2D eigenvalue weighted by Gasteiger charge is 2.52. The van der Waals surface area contributed by atoms with Gasteiger partial charge >= 0.3 is 0 Å². The molecule has 0 unspecified atom stereocenters. The molecule has 2 fully saturated rings. The molecule has 2 rings (SSSR count). The summed E-state index contributed by atoms with van der Waals surface area (Å²) in [6, 6.07) is 0. The second-order valence-electron chi connectivity index (χ2n) is 3.79. The van der Waals surface area contributed by atoms with Gasteiger partial charge in [0.15, 0.2) is 0 Å². The maximum absolute atomic E-state index is 2.22. The minimum atomic E-state index is 0.884. The maximum atomic E-state index is 2.22. The van der Waals surface area contributed by atoms with Crippen molar-refractivity contribution in [2.24, 2.45) is 17.8 Å². The molecule has 0 heterocycles. The molecule has 0 spiro atoms. The molecule has 0 N–H and O–H groups in total. The third kappa shape index (κ3) is 12.0. The molecule has 0 nitrogen and oxygen atoms in total. The second-order valence-corrected chi connectivity index (χ2v) is 3.79. The van der Waals surface area contributed by atoms with Crippen LogP contribution in [0.15, 0.2) is 0 Å². The lowest BCUT2D eigenvalue weighted by Crippen LogP contribution is -1.77. The molecule has 2 aliphatic rings. The zero-order chi connectivity index (χ0) is 10.9. The number of hydrogen-bond donors (Lipinski definition) is 0. The van der Waals surface area contributed by atoms with Crippen molar-refractivity contribution >= 4 is 0 Å². The van der Waals surface area contributed by atoms with Gasteiger partial charge in [-0.25, -0.2) is 0 Å². The largest absolute Gasteiger partial charge is 0.0683 e. The zero-order valence-electron chi connectivity index (χ0n) is 10.9. The molecule has 0 aromatic rings. The Balaban J connectivity index is 0. The summed E-state index contributed by atoms with van der Waals surface area (Å²) < 4.78 is 0. The van der Waals surface area contributed by atoms with Gasteiger partial charge in [-0.3, -0.25) is 0 Å². The molecule has 0 heteroatoms. The third-order valence-electron chi connectivity index (χ3n) is 2.29. The first kappa shape index (κ1) is 15.5. The van der Waals surface area contributed by atoms with Crippen LogP contribution in [0.25, 0.3) is 0 Å². The Morgan fingerprint density at radius 1 is 0.923 bits per heavy atom. The van der Waals surface area contributed by atoms with E-state index in [4.69, 9.17) is 0 Å². The predicted octanol–water partition coefficient (Wildman–Crippen LogP) is 5.13. The van der Waals surface area contributed by atoms with E-state index in [0.29, 0.717) is 0 Å². The fourth-order valence-electron chi connectivity index (χ4n) is 0.552. The van der Waals surface area contributed by atoms with Crippen LogP contribution in [-0.4, -0.2) is 0 Å². The van der Waals surface area contributed by atoms with Gasteiger partial charge in [-0.05, 0) is 30.6 Å². The molecule has 0 aromatic carbocycles. The number of fused-ring (bicyclic) bond motifs is 1. The first-order chi connectivity index (χ1) is 6.24. The number of rotatable bonds is 1. The van der Waals surface area contributed by atoms with Gasteiger partial charge in [-0.15, -0.1) is 0 Å². The van der Waals surface area contributed by atoms with Crippen molar-refractivity contribution in [2.75, 3.05) is 0 Å². The Hall–Kier alpha value is 0. The molecule has 0 atom stereocenters. The third-order valence-corrected chi connectivity index (χ3v) is 2.29. The molecule has 2 saturated carbocycles. The summed E-state index contributed by atoms with van der Waals surface area (Å²) in [4.78, 5) is 0. The Kier molecular flexibility index (Phi) is 12.0. The van der Waals surface area contributed by atoms with E-state index < -0.39 is 0 Å². The fourth-order valence-corrected chi connectivity index (χ4v) is 0.552. The van der Waals surface area contributed by atoms with Gasteiger partial charge in [0.05, 0.1) is 0 Å². The van der Waals surface area contributed by atoms with Gasteiger partial charge in [0, 0.05) is 0 Å². The summed E-state index contributed by atoms with van der Waals surface area (Å²) >= 11 is 0. The van der Waals surface area contributed by atoms with Crippen LogP contribution in [-0.2, 0) is 0 Å². The minimum Gasteiger partial charge on any atom is -0.0683 e. The van der Waals surface area contributed by atoms with E-state index in [1.807, 2.05) is 27.7 Å². The quantitative estimate of drug-likeness (QED) is 0.532. The van der Waals surface area contributed by atoms with Gasteiger partial charge in [0.1, 0.15) is 0 Å². The maximum Gasteiger partial charge on any atom is -0.0380 e. The normalized spacial score (nSPS) is 24.9. The molecule has 0 radical (unpaired) electrons. The van der Waals surface area contributed by atoms with Crippen molar-refractivity contribution in [1.29, 1.82) is 0 Å². The predicted molar refractivity (Wildman–Crippen MR) is 64.0 cm³/mol. The van der Waals surface area contributed by atoms with Crippen molar-refractivity contribution < 1.29 is 0 Å². The molecule has 0 saturated heterocycles. The molecule has 0 aromatic heterocycles. The summed E-state index contributed by atoms with van der Waals surface area (Å²) in [7, 11) is 0.